The smallest absolute Gasteiger partial charge is 0.268 e. The number of thiophene rings is 1. The summed E-state index contributed by atoms with van der Waals surface area (Å²) in [6.45, 7) is 3.50. The van der Waals surface area contributed by atoms with E-state index in [0.29, 0.717) is 18.2 Å². The van der Waals surface area contributed by atoms with Gasteiger partial charge in [0.15, 0.2) is 5.82 Å². The molecule has 2 atom stereocenters. The van der Waals surface area contributed by atoms with Gasteiger partial charge >= 0.3 is 0 Å². The van der Waals surface area contributed by atoms with E-state index in [1.807, 2.05) is 0 Å². The lowest BCUT2D eigenvalue weighted by atomic mass is 9.96. The molecular weight excluding hydrogens is 425 g/mol. The highest BCUT2D eigenvalue weighted by Crippen LogP contribution is 2.35. The molecule has 1 saturated heterocycles. The number of anilines is 2. The molecule has 1 aromatic carbocycles. The van der Waals surface area contributed by atoms with E-state index in [4.69, 9.17) is 5.73 Å². The maximum Gasteiger partial charge on any atom is 0.268 e. The van der Waals surface area contributed by atoms with Gasteiger partial charge in [0.1, 0.15) is 16.5 Å². The predicted molar refractivity (Wildman–Crippen MR) is 116 cm³/mol. The molecule has 1 fully saturated rings. The summed E-state index contributed by atoms with van der Waals surface area (Å²) >= 11 is 0.784. The molecule has 9 heteroatoms. The molecule has 0 bridgehead atoms. The van der Waals surface area contributed by atoms with E-state index >= 15 is 0 Å². The second kappa shape index (κ2) is 8.68. The Labute approximate surface area is 181 Å². The fraction of sp³-hybridized carbons (Fsp3) is 0.273. The zero-order chi connectivity index (χ0) is 22.1. The van der Waals surface area contributed by atoms with Crippen molar-refractivity contribution in [1.29, 1.82) is 0 Å². The highest BCUT2D eigenvalue weighted by molar-refractivity contribution is 7.12. The van der Waals surface area contributed by atoms with Crippen LogP contribution in [0.25, 0.3) is 11.1 Å². The van der Waals surface area contributed by atoms with Crippen LogP contribution < -0.4 is 16.0 Å². The largest absolute Gasteiger partial charge is 0.368 e. The topological polar surface area (TPSA) is 71.2 Å². The number of carbonyl (C=O) groups excluding carboxylic acids is 1. The fourth-order valence-corrected chi connectivity index (χ4v) is 4.78. The van der Waals surface area contributed by atoms with Crippen molar-refractivity contribution in [3.8, 4) is 11.1 Å². The molecule has 0 unspecified atom stereocenters. The monoisotopic (exact) mass is 446 g/mol. The number of aromatic nitrogens is 1. The fourth-order valence-electron chi connectivity index (χ4n) is 3.96. The summed E-state index contributed by atoms with van der Waals surface area (Å²) in [5, 5.41) is 3.92. The SMILES string of the molecule is C[C@@H]1C[C@H](N)CN(c2ccncc2NC(=O)c2scc(-c3c(F)cccc3F)c2F)C1. The van der Waals surface area contributed by atoms with Crippen molar-refractivity contribution in [2.75, 3.05) is 23.3 Å². The third-order valence-electron chi connectivity index (χ3n) is 5.25. The number of nitrogens with two attached hydrogens (primary N) is 1. The quantitative estimate of drug-likeness (QED) is 0.612. The molecule has 3 aromatic rings. The Morgan fingerprint density at radius 3 is 2.68 bits per heavy atom. The van der Waals surface area contributed by atoms with Gasteiger partial charge in [0.25, 0.3) is 5.91 Å². The number of carbonyl (C=O) groups is 1. The van der Waals surface area contributed by atoms with Crippen LogP contribution in [0.2, 0.25) is 0 Å². The van der Waals surface area contributed by atoms with E-state index in [-0.39, 0.29) is 16.5 Å². The Morgan fingerprint density at radius 2 is 1.97 bits per heavy atom. The van der Waals surface area contributed by atoms with Crippen molar-refractivity contribution in [3.05, 3.63) is 64.4 Å². The van der Waals surface area contributed by atoms with Crippen LogP contribution in [0, 0.1) is 23.4 Å². The van der Waals surface area contributed by atoms with Crippen molar-refractivity contribution in [2.45, 2.75) is 19.4 Å². The van der Waals surface area contributed by atoms with Crippen molar-refractivity contribution in [2.24, 2.45) is 11.7 Å². The van der Waals surface area contributed by atoms with Crippen molar-refractivity contribution in [3.63, 3.8) is 0 Å². The van der Waals surface area contributed by atoms with Crippen molar-refractivity contribution >= 4 is 28.6 Å². The number of amides is 1. The number of nitrogens with one attached hydrogen (secondary N) is 1. The molecule has 162 valence electrons. The van der Waals surface area contributed by atoms with Crippen LogP contribution in [0.15, 0.2) is 42.0 Å². The van der Waals surface area contributed by atoms with Crippen LogP contribution in [0.1, 0.15) is 23.0 Å². The number of rotatable bonds is 4. The molecule has 5 nitrogen and oxygen atoms in total. The molecule has 1 aliphatic heterocycles. The van der Waals surface area contributed by atoms with E-state index in [0.717, 1.165) is 42.1 Å². The van der Waals surface area contributed by atoms with Gasteiger partial charge in [-0.1, -0.05) is 13.0 Å². The molecule has 4 rings (SSSR count). The number of pyridine rings is 1. The van der Waals surface area contributed by atoms with E-state index in [9.17, 15) is 18.0 Å². The summed E-state index contributed by atoms with van der Waals surface area (Å²) in [6, 6.07) is 5.06. The van der Waals surface area contributed by atoms with Crippen LogP contribution in [-0.2, 0) is 0 Å². The third kappa shape index (κ3) is 4.28. The standard InChI is InChI=1S/C22H21F3N4OS/c1-12-7-13(26)10-29(9-12)18-5-6-27-8-17(18)28-22(30)21-20(25)14(11-31-21)19-15(23)3-2-4-16(19)24/h2-6,8,11-13H,7,9-10,26H2,1H3,(H,28,30)/t12-,13+/m1/s1. The summed E-state index contributed by atoms with van der Waals surface area (Å²) < 4.78 is 43.1. The van der Waals surface area contributed by atoms with Crippen LogP contribution in [0.3, 0.4) is 0 Å². The summed E-state index contributed by atoms with van der Waals surface area (Å²) in [6.07, 6.45) is 4.01. The first-order valence-corrected chi connectivity index (χ1v) is 10.7. The second-order valence-electron chi connectivity index (χ2n) is 7.74. The minimum Gasteiger partial charge on any atom is -0.368 e. The van der Waals surface area contributed by atoms with Crippen molar-refractivity contribution < 1.29 is 18.0 Å². The van der Waals surface area contributed by atoms with Crippen LogP contribution in [0.5, 0.6) is 0 Å². The van der Waals surface area contributed by atoms with Crippen LogP contribution >= 0.6 is 11.3 Å². The number of halogens is 3. The highest BCUT2D eigenvalue weighted by atomic mass is 32.1. The first kappa shape index (κ1) is 21.3. The van der Waals surface area contributed by atoms with Crippen LogP contribution in [0.4, 0.5) is 24.5 Å². The Bertz CT molecular complexity index is 1090. The highest BCUT2D eigenvalue weighted by Gasteiger charge is 2.26. The first-order valence-electron chi connectivity index (χ1n) is 9.82. The molecule has 0 saturated carbocycles. The number of benzene rings is 1. The first-order chi connectivity index (χ1) is 14.8. The number of hydrogen-bond acceptors (Lipinski definition) is 5. The summed E-state index contributed by atoms with van der Waals surface area (Å²) in [7, 11) is 0. The van der Waals surface area contributed by atoms with Gasteiger partial charge in [0, 0.05) is 36.3 Å². The zero-order valence-electron chi connectivity index (χ0n) is 16.7. The summed E-state index contributed by atoms with van der Waals surface area (Å²) in [5.74, 6) is -3.09. The van der Waals surface area contributed by atoms with Gasteiger partial charge in [-0.25, -0.2) is 13.2 Å². The Morgan fingerprint density at radius 1 is 1.23 bits per heavy atom. The lowest BCUT2D eigenvalue weighted by Gasteiger charge is -2.37. The van der Waals surface area contributed by atoms with E-state index in [1.54, 1.807) is 12.3 Å². The average Bonchev–Trinajstić information content (AvgIpc) is 3.09. The maximum absolute atomic E-state index is 15.0. The maximum atomic E-state index is 15.0. The van der Waals surface area contributed by atoms with Gasteiger partial charge in [-0.2, -0.15) is 0 Å². The lowest BCUT2D eigenvalue weighted by molar-refractivity contribution is 0.102. The number of hydrogen-bond donors (Lipinski definition) is 2. The lowest BCUT2D eigenvalue weighted by Crippen LogP contribution is -2.46. The van der Waals surface area contributed by atoms with Gasteiger partial charge in [-0.3, -0.25) is 9.78 Å². The zero-order valence-corrected chi connectivity index (χ0v) is 17.6. The molecule has 3 N–H and O–H groups in total. The van der Waals surface area contributed by atoms with Gasteiger partial charge in [-0.05, 0) is 30.5 Å². The van der Waals surface area contributed by atoms with E-state index in [1.165, 1.54) is 17.6 Å². The van der Waals surface area contributed by atoms with Gasteiger partial charge < -0.3 is 16.0 Å². The van der Waals surface area contributed by atoms with E-state index in [2.05, 4.69) is 22.1 Å². The summed E-state index contributed by atoms with van der Waals surface area (Å²) in [4.78, 5) is 18.7. The average molecular weight is 446 g/mol. The molecule has 1 aliphatic rings. The van der Waals surface area contributed by atoms with Crippen LogP contribution in [-0.4, -0.2) is 30.0 Å². The molecule has 31 heavy (non-hydrogen) atoms. The normalized spacial score (nSPS) is 18.8. The van der Waals surface area contributed by atoms with Gasteiger partial charge in [0.05, 0.1) is 23.1 Å². The molecular formula is C22H21F3N4OS. The summed E-state index contributed by atoms with van der Waals surface area (Å²) in [5.41, 5.74) is 6.52. The van der Waals surface area contributed by atoms with E-state index < -0.39 is 28.9 Å². The number of piperidine rings is 1. The van der Waals surface area contributed by atoms with Crippen molar-refractivity contribution in [1.82, 2.24) is 4.98 Å². The molecule has 3 heterocycles. The molecule has 0 spiro atoms. The predicted octanol–water partition coefficient (Wildman–Crippen LogP) is 4.65. The Balaban J connectivity index is 1.61. The molecule has 0 aliphatic carbocycles. The molecule has 1 amide bonds. The Kier molecular flexibility index (Phi) is 5.97. The third-order valence-corrected chi connectivity index (χ3v) is 6.20. The minimum absolute atomic E-state index is 0.00781. The minimum atomic E-state index is -0.967. The number of nitrogens with zero attached hydrogens (tertiary/aromatic N) is 2. The van der Waals surface area contributed by atoms with Gasteiger partial charge in [-0.15, -0.1) is 11.3 Å². The van der Waals surface area contributed by atoms with Gasteiger partial charge in [0.2, 0.25) is 0 Å². The Hall–Kier alpha value is -2.91. The molecule has 0 radical (unpaired) electrons. The second-order valence-corrected chi connectivity index (χ2v) is 8.62. The molecule has 2 aromatic heterocycles.